The van der Waals surface area contributed by atoms with Crippen molar-refractivity contribution in [2.45, 2.75) is 24.7 Å². The van der Waals surface area contributed by atoms with Crippen LogP contribution in [0.3, 0.4) is 0 Å². The number of thioether (sulfide) groups is 1. The van der Waals surface area contributed by atoms with Crippen LogP contribution in [-0.4, -0.2) is 38.1 Å². The quantitative estimate of drug-likeness (QED) is 0.648. The Morgan fingerprint density at radius 2 is 1.90 bits per heavy atom. The number of benzene rings is 1. The van der Waals surface area contributed by atoms with Crippen molar-refractivity contribution in [1.29, 1.82) is 0 Å². The van der Waals surface area contributed by atoms with Gasteiger partial charge in [-0.05, 0) is 30.9 Å². The topological polar surface area (TPSA) is 49.4 Å². The van der Waals surface area contributed by atoms with Crippen molar-refractivity contribution >= 4 is 22.0 Å². The molecular formula is C14H22N2O2S2. The van der Waals surface area contributed by atoms with E-state index in [1.54, 1.807) is 16.1 Å². The molecule has 4 nitrogen and oxygen atoms in total. The standard InChI is InChI=1S/C14H22N2O2S2/c1-13-7-10-16(11-8-13)20(17,18)15-9-12-19-14-5-3-2-4-6-14/h2-6,13,15H,7-12H2,1H3. The summed E-state index contributed by atoms with van der Waals surface area (Å²) >= 11 is 1.66. The molecule has 1 aliphatic heterocycles. The van der Waals surface area contributed by atoms with Gasteiger partial charge in [-0.25, -0.2) is 4.72 Å². The molecule has 0 atom stereocenters. The van der Waals surface area contributed by atoms with Gasteiger partial charge in [0.2, 0.25) is 0 Å². The minimum atomic E-state index is -3.29. The Morgan fingerprint density at radius 1 is 1.25 bits per heavy atom. The van der Waals surface area contributed by atoms with E-state index in [0.29, 0.717) is 25.6 Å². The van der Waals surface area contributed by atoms with Crippen LogP contribution in [0.25, 0.3) is 0 Å². The lowest BCUT2D eigenvalue weighted by molar-refractivity contribution is 0.285. The van der Waals surface area contributed by atoms with Gasteiger partial charge in [0, 0.05) is 30.3 Å². The molecule has 0 aliphatic carbocycles. The van der Waals surface area contributed by atoms with Crippen LogP contribution in [0.1, 0.15) is 19.8 Å². The molecule has 1 aromatic rings. The summed E-state index contributed by atoms with van der Waals surface area (Å²) in [6, 6.07) is 10.0. The first-order valence-corrected chi connectivity index (χ1v) is 9.43. The molecule has 112 valence electrons. The smallest absolute Gasteiger partial charge is 0.201 e. The number of nitrogens with one attached hydrogen (secondary N) is 1. The van der Waals surface area contributed by atoms with E-state index in [4.69, 9.17) is 0 Å². The van der Waals surface area contributed by atoms with Gasteiger partial charge >= 0.3 is 0 Å². The van der Waals surface area contributed by atoms with E-state index in [9.17, 15) is 8.42 Å². The molecule has 6 heteroatoms. The van der Waals surface area contributed by atoms with Gasteiger partial charge in [-0.1, -0.05) is 25.1 Å². The Kier molecular flexibility index (Phi) is 5.89. The van der Waals surface area contributed by atoms with E-state index in [2.05, 4.69) is 11.6 Å². The van der Waals surface area contributed by atoms with Gasteiger partial charge in [-0.3, -0.25) is 0 Å². The maximum atomic E-state index is 12.1. The second-order valence-corrected chi connectivity index (χ2v) is 8.07. The summed E-state index contributed by atoms with van der Waals surface area (Å²) in [5, 5.41) is 0. The molecule has 2 rings (SSSR count). The first kappa shape index (κ1) is 15.8. The Bertz CT molecular complexity index is 497. The van der Waals surface area contributed by atoms with Crippen LogP contribution in [0.2, 0.25) is 0 Å². The molecule has 1 N–H and O–H groups in total. The van der Waals surface area contributed by atoms with E-state index in [1.165, 1.54) is 4.90 Å². The van der Waals surface area contributed by atoms with Crippen molar-refractivity contribution < 1.29 is 8.42 Å². The number of hydrogen-bond donors (Lipinski definition) is 1. The molecular weight excluding hydrogens is 292 g/mol. The van der Waals surface area contributed by atoms with Crippen LogP contribution in [0.4, 0.5) is 0 Å². The Balaban J connectivity index is 1.73. The van der Waals surface area contributed by atoms with Crippen molar-refractivity contribution in [2.75, 3.05) is 25.4 Å². The first-order chi connectivity index (χ1) is 9.58. The maximum absolute atomic E-state index is 12.1. The zero-order valence-electron chi connectivity index (χ0n) is 11.8. The highest BCUT2D eigenvalue weighted by molar-refractivity contribution is 7.99. The largest absolute Gasteiger partial charge is 0.279 e. The van der Waals surface area contributed by atoms with Gasteiger partial charge in [0.25, 0.3) is 10.2 Å². The lowest BCUT2D eigenvalue weighted by Gasteiger charge is -2.29. The minimum Gasteiger partial charge on any atom is -0.201 e. The highest BCUT2D eigenvalue weighted by atomic mass is 32.2. The fourth-order valence-electron chi connectivity index (χ4n) is 2.17. The third kappa shape index (κ3) is 4.77. The average Bonchev–Trinajstić information content (AvgIpc) is 2.45. The minimum absolute atomic E-state index is 0.466. The highest BCUT2D eigenvalue weighted by Crippen LogP contribution is 2.18. The third-order valence-corrected chi connectivity index (χ3v) is 6.11. The van der Waals surface area contributed by atoms with E-state index in [-0.39, 0.29) is 0 Å². The van der Waals surface area contributed by atoms with Crippen LogP contribution >= 0.6 is 11.8 Å². The molecule has 1 aliphatic rings. The SMILES string of the molecule is CC1CCN(S(=O)(=O)NCCSc2ccccc2)CC1. The summed E-state index contributed by atoms with van der Waals surface area (Å²) in [5.41, 5.74) is 0. The third-order valence-electron chi connectivity index (χ3n) is 3.48. The monoisotopic (exact) mass is 314 g/mol. The molecule has 0 saturated carbocycles. The van der Waals surface area contributed by atoms with Gasteiger partial charge in [0.15, 0.2) is 0 Å². The average molecular weight is 314 g/mol. The fourth-order valence-corrected chi connectivity index (χ4v) is 4.33. The van der Waals surface area contributed by atoms with E-state index < -0.39 is 10.2 Å². The number of hydrogen-bond acceptors (Lipinski definition) is 3. The van der Waals surface area contributed by atoms with Crippen molar-refractivity contribution in [2.24, 2.45) is 5.92 Å². The predicted octanol–water partition coefficient (Wildman–Crippen LogP) is 2.35. The molecule has 0 unspecified atom stereocenters. The first-order valence-electron chi connectivity index (χ1n) is 7.00. The van der Waals surface area contributed by atoms with Gasteiger partial charge in [-0.2, -0.15) is 12.7 Å². The Labute approximate surface area is 126 Å². The summed E-state index contributed by atoms with van der Waals surface area (Å²) in [5.74, 6) is 1.38. The summed E-state index contributed by atoms with van der Waals surface area (Å²) < 4.78 is 28.5. The highest BCUT2D eigenvalue weighted by Gasteiger charge is 2.25. The Morgan fingerprint density at radius 3 is 2.55 bits per heavy atom. The lowest BCUT2D eigenvalue weighted by atomic mass is 10.0. The number of rotatable bonds is 6. The van der Waals surface area contributed by atoms with Crippen LogP contribution in [0.5, 0.6) is 0 Å². The fraction of sp³-hybridized carbons (Fsp3) is 0.571. The van der Waals surface area contributed by atoms with E-state index in [0.717, 1.165) is 18.6 Å². The van der Waals surface area contributed by atoms with Crippen LogP contribution in [0, 0.1) is 5.92 Å². The van der Waals surface area contributed by atoms with Crippen LogP contribution in [0.15, 0.2) is 35.2 Å². The molecule has 0 amide bonds. The Hall–Kier alpha value is -0.560. The van der Waals surface area contributed by atoms with E-state index >= 15 is 0 Å². The summed E-state index contributed by atoms with van der Waals surface area (Å²) in [4.78, 5) is 1.17. The molecule has 1 heterocycles. The zero-order valence-corrected chi connectivity index (χ0v) is 13.4. The normalized spacial score (nSPS) is 18.2. The lowest BCUT2D eigenvalue weighted by Crippen LogP contribution is -2.45. The summed E-state index contributed by atoms with van der Waals surface area (Å²) in [6.45, 7) is 3.92. The predicted molar refractivity (Wildman–Crippen MR) is 84.1 cm³/mol. The van der Waals surface area contributed by atoms with Gasteiger partial charge in [0.1, 0.15) is 0 Å². The zero-order chi connectivity index (χ0) is 14.4. The van der Waals surface area contributed by atoms with Crippen LogP contribution < -0.4 is 4.72 Å². The van der Waals surface area contributed by atoms with Gasteiger partial charge in [0.05, 0.1) is 0 Å². The summed E-state index contributed by atoms with van der Waals surface area (Å²) in [7, 11) is -3.29. The van der Waals surface area contributed by atoms with Gasteiger partial charge in [-0.15, -0.1) is 11.8 Å². The molecule has 1 saturated heterocycles. The molecule has 0 bridgehead atoms. The molecule has 0 radical (unpaired) electrons. The second-order valence-electron chi connectivity index (χ2n) is 5.14. The van der Waals surface area contributed by atoms with Crippen molar-refractivity contribution in [3.8, 4) is 0 Å². The number of piperidine rings is 1. The molecule has 0 spiro atoms. The van der Waals surface area contributed by atoms with E-state index in [1.807, 2.05) is 30.3 Å². The summed E-state index contributed by atoms with van der Waals surface area (Å²) in [6.07, 6.45) is 1.92. The molecule has 1 aromatic carbocycles. The number of nitrogens with zero attached hydrogens (tertiary/aromatic N) is 1. The molecule has 20 heavy (non-hydrogen) atoms. The van der Waals surface area contributed by atoms with Gasteiger partial charge < -0.3 is 0 Å². The second kappa shape index (κ2) is 7.45. The molecule has 1 fully saturated rings. The maximum Gasteiger partial charge on any atom is 0.279 e. The van der Waals surface area contributed by atoms with Crippen molar-refractivity contribution in [1.82, 2.24) is 9.03 Å². The van der Waals surface area contributed by atoms with Crippen molar-refractivity contribution in [3.63, 3.8) is 0 Å². The molecule has 0 aromatic heterocycles. The van der Waals surface area contributed by atoms with Crippen molar-refractivity contribution in [3.05, 3.63) is 30.3 Å². The van der Waals surface area contributed by atoms with Crippen LogP contribution in [-0.2, 0) is 10.2 Å².